The number of nitrogens with zero attached hydrogens (tertiary/aromatic N) is 4. The molecule has 7 nitrogen and oxygen atoms in total. The topological polar surface area (TPSA) is 71.6 Å². The molecule has 1 aliphatic rings. The molecule has 1 amide bonds. The van der Waals surface area contributed by atoms with Crippen LogP contribution in [0.2, 0.25) is 0 Å². The average molecular weight is 298 g/mol. The van der Waals surface area contributed by atoms with Crippen molar-refractivity contribution in [3.8, 4) is 0 Å². The third kappa shape index (κ3) is 2.68. The molecular weight excluding hydrogens is 282 g/mol. The summed E-state index contributed by atoms with van der Waals surface area (Å²) in [6.07, 6.45) is 1.65. The first-order valence-electron chi connectivity index (χ1n) is 6.28. The van der Waals surface area contributed by atoms with Gasteiger partial charge in [-0.3, -0.25) is 9.20 Å². The van der Waals surface area contributed by atoms with Gasteiger partial charge in [0.25, 0.3) is 0 Å². The van der Waals surface area contributed by atoms with Crippen LogP contribution in [0, 0.1) is 0 Å². The molecule has 1 aliphatic heterocycles. The zero-order chi connectivity index (χ0) is 13.2. The number of pyridine rings is 1. The van der Waals surface area contributed by atoms with E-state index >= 15 is 0 Å². The number of rotatable bonds is 2. The lowest BCUT2D eigenvalue weighted by Gasteiger charge is -2.27. The first kappa shape index (κ1) is 14.5. The summed E-state index contributed by atoms with van der Waals surface area (Å²) in [7, 11) is 0. The van der Waals surface area contributed by atoms with E-state index in [2.05, 4.69) is 10.4 Å². The van der Waals surface area contributed by atoms with Crippen molar-refractivity contribution < 1.29 is 4.79 Å². The van der Waals surface area contributed by atoms with Crippen LogP contribution in [0.3, 0.4) is 0 Å². The molecule has 0 radical (unpaired) electrons. The Hall–Kier alpha value is -1.86. The third-order valence-electron chi connectivity index (χ3n) is 3.24. The Bertz CT molecular complexity index is 659. The maximum absolute atomic E-state index is 12.1. The van der Waals surface area contributed by atoms with E-state index in [0.29, 0.717) is 18.7 Å². The van der Waals surface area contributed by atoms with Crippen LogP contribution in [-0.4, -0.2) is 51.2 Å². The third-order valence-corrected chi connectivity index (χ3v) is 3.24. The molecule has 1 fully saturated rings. The summed E-state index contributed by atoms with van der Waals surface area (Å²) in [4.78, 5) is 25.9. The molecule has 8 heteroatoms. The Kier molecular flexibility index (Phi) is 4.41. The summed E-state index contributed by atoms with van der Waals surface area (Å²) in [5, 5.41) is 7.34. The van der Waals surface area contributed by atoms with E-state index in [1.807, 2.05) is 6.07 Å². The van der Waals surface area contributed by atoms with Gasteiger partial charge in [-0.15, -0.1) is 17.5 Å². The van der Waals surface area contributed by atoms with Crippen LogP contribution in [0.1, 0.15) is 0 Å². The molecule has 0 bridgehead atoms. The van der Waals surface area contributed by atoms with Crippen molar-refractivity contribution in [3.63, 3.8) is 0 Å². The molecular formula is C12H16ClN5O2. The highest BCUT2D eigenvalue weighted by Crippen LogP contribution is 1.98. The van der Waals surface area contributed by atoms with Gasteiger partial charge >= 0.3 is 5.69 Å². The van der Waals surface area contributed by atoms with Gasteiger partial charge in [-0.25, -0.2) is 9.48 Å². The normalized spacial score (nSPS) is 15.1. The summed E-state index contributed by atoms with van der Waals surface area (Å²) >= 11 is 0. The summed E-state index contributed by atoms with van der Waals surface area (Å²) < 4.78 is 2.66. The van der Waals surface area contributed by atoms with Gasteiger partial charge in [0, 0.05) is 32.4 Å². The molecule has 0 spiro atoms. The molecule has 1 saturated heterocycles. The van der Waals surface area contributed by atoms with Crippen LogP contribution >= 0.6 is 12.4 Å². The van der Waals surface area contributed by atoms with E-state index in [1.165, 1.54) is 9.08 Å². The van der Waals surface area contributed by atoms with E-state index in [9.17, 15) is 9.59 Å². The first-order valence-corrected chi connectivity index (χ1v) is 6.28. The number of nitrogens with one attached hydrogen (secondary N) is 1. The highest BCUT2D eigenvalue weighted by atomic mass is 35.5. The van der Waals surface area contributed by atoms with Gasteiger partial charge in [0.2, 0.25) is 5.91 Å². The standard InChI is InChI=1S/C12H15N5O2.ClH/c18-11(15-7-4-13-5-8-15)9-17-12(19)16-6-2-1-3-10(16)14-17;/h1-3,6,13H,4-5,7-9H2;1H. The lowest BCUT2D eigenvalue weighted by Crippen LogP contribution is -2.48. The molecule has 2 aromatic heterocycles. The van der Waals surface area contributed by atoms with Crippen molar-refractivity contribution in [1.82, 2.24) is 24.4 Å². The minimum Gasteiger partial charge on any atom is -0.339 e. The highest BCUT2D eigenvalue weighted by molar-refractivity contribution is 5.85. The van der Waals surface area contributed by atoms with Crippen LogP contribution in [0.15, 0.2) is 29.2 Å². The van der Waals surface area contributed by atoms with Crippen molar-refractivity contribution in [2.75, 3.05) is 26.2 Å². The van der Waals surface area contributed by atoms with Crippen LogP contribution in [-0.2, 0) is 11.3 Å². The van der Waals surface area contributed by atoms with Crippen molar-refractivity contribution in [2.45, 2.75) is 6.54 Å². The zero-order valence-corrected chi connectivity index (χ0v) is 11.7. The van der Waals surface area contributed by atoms with Gasteiger partial charge in [-0.2, -0.15) is 0 Å². The second kappa shape index (κ2) is 6.06. The van der Waals surface area contributed by atoms with Gasteiger partial charge in [-0.1, -0.05) is 6.07 Å². The Labute approximate surface area is 121 Å². The highest BCUT2D eigenvalue weighted by Gasteiger charge is 2.18. The Morgan fingerprint density at radius 2 is 2.05 bits per heavy atom. The van der Waals surface area contributed by atoms with Crippen LogP contribution in [0.5, 0.6) is 0 Å². The first-order chi connectivity index (χ1) is 9.25. The van der Waals surface area contributed by atoms with E-state index in [4.69, 9.17) is 0 Å². The molecule has 2 aromatic rings. The lowest BCUT2D eigenvalue weighted by atomic mass is 10.3. The molecule has 20 heavy (non-hydrogen) atoms. The van der Waals surface area contributed by atoms with Gasteiger partial charge in [0.1, 0.15) is 6.54 Å². The summed E-state index contributed by atoms with van der Waals surface area (Å²) in [5.74, 6) is -0.0630. The van der Waals surface area contributed by atoms with Crippen molar-refractivity contribution in [2.24, 2.45) is 0 Å². The number of fused-ring (bicyclic) bond motifs is 1. The molecule has 0 atom stereocenters. The number of amides is 1. The molecule has 0 saturated carbocycles. The number of halogens is 1. The molecule has 0 aliphatic carbocycles. The second-order valence-corrected chi connectivity index (χ2v) is 4.50. The largest absolute Gasteiger partial charge is 0.350 e. The maximum atomic E-state index is 12.1. The number of carbonyl (C=O) groups excluding carboxylic acids is 1. The molecule has 1 N–H and O–H groups in total. The summed E-state index contributed by atoms with van der Waals surface area (Å²) in [5.41, 5.74) is 0.277. The molecule has 0 aromatic carbocycles. The Morgan fingerprint density at radius 1 is 1.30 bits per heavy atom. The fourth-order valence-electron chi connectivity index (χ4n) is 2.21. The fraction of sp³-hybridized carbons (Fsp3) is 0.417. The molecule has 108 valence electrons. The van der Waals surface area contributed by atoms with Gasteiger partial charge in [0.05, 0.1) is 0 Å². The molecule has 0 unspecified atom stereocenters. The summed E-state index contributed by atoms with van der Waals surface area (Å²) in [6.45, 7) is 2.96. The van der Waals surface area contributed by atoms with Crippen molar-refractivity contribution >= 4 is 24.0 Å². The van der Waals surface area contributed by atoms with Gasteiger partial charge in [0.15, 0.2) is 5.65 Å². The monoisotopic (exact) mass is 297 g/mol. The smallest absolute Gasteiger partial charge is 0.339 e. The number of aromatic nitrogens is 3. The zero-order valence-electron chi connectivity index (χ0n) is 10.9. The van der Waals surface area contributed by atoms with Crippen LogP contribution < -0.4 is 11.0 Å². The molecule has 3 heterocycles. The number of hydrogen-bond donors (Lipinski definition) is 1. The minimum absolute atomic E-state index is 0. The maximum Gasteiger partial charge on any atom is 0.350 e. The van der Waals surface area contributed by atoms with Gasteiger partial charge < -0.3 is 10.2 Å². The van der Waals surface area contributed by atoms with E-state index in [-0.39, 0.29) is 30.5 Å². The quantitative estimate of drug-likeness (QED) is 0.800. The lowest BCUT2D eigenvalue weighted by molar-refractivity contribution is -0.132. The predicted molar refractivity (Wildman–Crippen MR) is 76.1 cm³/mol. The van der Waals surface area contributed by atoms with Crippen LogP contribution in [0.4, 0.5) is 0 Å². The van der Waals surface area contributed by atoms with E-state index < -0.39 is 0 Å². The second-order valence-electron chi connectivity index (χ2n) is 4.50. The van der Waals surface area contributed by atoms with Crippen LogP contribution in [0.25, 0.3) is 5.65 Å². The van der Waals surface area contributed by atoms with Gasteiger partial charge in [-0.05, 0) is 12.1 Å². The fourth-order valence-corrected chi connectivity index (χ4v) is 2.21. The molecule has 3 rings (SSSR count). The summed E-state index contributed by atoms with van der Waals surface area (Å²) in [6, 6.07) is 5.32. The van der Waals surface area contributed by atoms with Crippen molar-refractivity contribution in [1.29, 1.82) is 0 Å². The van der Waals surface area contributed by atoms with Crippen molar-refractivity contribution in [3.05, 3.63) is 34.9 Å². The number of hydrogen-bond acceptors (Lipinski definition) is 4. The SMILES string of the molecule is Cl.O=C(Cn1nc2ccccn2c1=O)N1CCNCC1. The Balaban J connectivity index is 0.00000147. The number of carbonyl (C=O) groups is 1. The predicted octanol–water partition coefficient (Wildman–Crippen LogP) is -0.650. The van der Waals surface area contributed by atoms with E-state index in [0.717, 1.165) is 13.1 Å². The number of piperazine rings is 1. The minimum atomic E-state index is -0.279. The average Bonchev–Trinajstić information content (AvgIpc) is 2.77. The Morgan fingerprint density at radius 3 is 2.75 bits per heavy atom. The van der Waals surface area contributed by atoms with E-state index in [1.54, 1.807) is 23.2 Å².